The molecule has 0 bridgehead atoms. The lowest BCUT2D eigenvalue weighted by atomic mass is 9.85. The molecule has 0 spiro atoms. The number of carbonyl (C=O) groups excluding carboxylic acids is 1. The van der Waals surface area contributed by atoms with Crippen molar-refractivity contribution in [3.8, 4) is 0 Å². The van der Waals surface area contributed by atoms with Gasteiger partial charge in [-0.05, 0) is 37.1 Å². The minimum Gasteiger partial charge on any atom is -0.480 e. The summed E-state index contributed by atoms with van der Waals surface area (Å²) in [5, 5.41) is 11.9. The molecule has 1 aliphatic carbocycles. The number of likely N-dealkylation sites (N-methyl/N-ethyl adjacent to an activating group) is 1. The van der Waals surface area contributed by atoms with Gasteiger partial charge in [0.15, 0.2) is 0 Å². The number of nitrogens with zero attached hydrogens (tertiary/aromatic N) is 1. The van der Waals surface area contributed by atoms with Crippen molar-refractivity contribution in [3.05, 3.63) is 66.2 Å². The van der Waals surface area contributed by atoms with Crippen molar-refractivity contribution in [3.63, 3.8) is 0 Å². The standard InChI is InChI=1S/C22H26N2O3S/c1-2-24(15-20(25)26)18-13-17(14-18)23-22(27)21(16-9-5-3-6-10-16)28-19-11-7-4-8-12-19/h3-12,17-18,21H,2,13-15H2,1H3,(H,23,27)(H,25,26). The number of carboxylic acid groups (broad SMARTS) is 1. The molecule has 5 nitrogen and oxygen atoms in total. The average Bonchev–Trinajstić information content (AvgIpc) is 2.68. The normalized spacial score (nSPS) is 19.6. The van der Waals surface area contributed by atoms with E-state index in [9.17, 15) is 9.59 Å². The number of thioether (sulfide) groups is 1. The SMILES string of the molecule is CCN(CC(=O)O)C1CC(NC(=O)C(Sc2ccccc2)c2ccccc2)C1. The molecule has 1 aliphatic rings. The Bertz CT molecular complexity index is 779. The highest BCUT2D eigenvalue weighted by Gasteiger charge is 2.36. The van der Waals surface area contributed by atoms with Crippen molar-refractivity contribution in [2.75, 3.05) is 13.1 Å². The van der Waals surface area contributed by atoms with Crippen LogP contribution >= 0.6 is 11.8 Å². The minimum atomic E-state index is -0.808. The first-order chi connectivity index (χ1) is 13.6. The van der Waals surface area contributed by atoms with Crippen LogP contribution in [0.5, 0.6) is 0 Å². The molecule has 0 aliphatic heterocycles. The highest BCUT2D eigenvalue weighted by Crippen LogP contribution is 2.36. The van der Waals surface area contributed by atoms with E-state index in [0.717, 1.165) is 23.3 Å². The molecule has 0 aromatic heterocycles. The molecule has 1 unspecified atom stereocenters. The molecule has 2 aromatic rings. The maximum Gasteiger partial charge on any atom is 0.317 e. The molecule has 2 aromatic carbocycles. The van der Waals surface area contributed by atoms with Gasteiger partial charge in [-0.2, -0.15) is 0 Å². The summed E-state index contributed by atoms with van der Waals surface area (Å²) in [7, 11) is 0. The second-order valence-electron chi connectivity index (χ2n) is 7.01. The summed E-state index contributed by atoms with van der Waals surface area (Å²) < 4.78 is 0. The highest BCUT2D eigenvalue weighted by atomic mass is 32.2. The topological polar surface area (TPSA) is 69.6 Å². The van der Waals surface area contributed by atoms with Gasteiger partial charge in [0.05, 0.1) is 6.54 Å². The molecular formula is C22H26N2O3S. The Morgan fingerprint density at radius 1 is 1.11 bits per heavy atom. The fourth-order valence-electron chi connectivity index (χ4n) is 3.49. The lowest BCUT2D eigenvalue weighted by molar-refractivity contribution is -0.139. The Morgan fingerprint density at radius 2 is 1.71 bits per heavy atom. The van der Waals surface area contributed by atoms with Gasteiger partial charge in [0.2, 0.25) is 5.91 Å². The van der Waals surface area contributed by atoms with Gasteiger partial charge in [0.1, 0.15) is 5.25 Å². The molecule has 2 N–H and O–H groups in total. The third-order valence-corrected chi connectivity index (χ3v) is 6.32. The second-order valence-corrected chi connectivity index (χ2v) is 8.19. The maximum atomic E-state index is 13.0. The highest BCUT2D eigenvalue weighted by molar-refractivity contribution is 8.00. The molecule has 1 saturated carbocycles. The third-order valence-electron chi connectivity index (χ3n) is 5.06. The van der Waals surface area contributed by atoms with Crippen LogP contribution in [0.1, 0.15) is 30.6 Å². The lowest BCUT2D eigenvalue weighted by Gasteiger charge is -2.42. The first kappa shape index (κ1) is 20.4. The number of amides is 1. The largest absolute Gasteiger partial charge is 0.480 e. The predicted molar refractivity (Wildman–Crippen MR) is 111 cm³/mol. The monoisotopic (exact) mass is 398 g/mol. The van der Waals surface area contributed by atoms with Gasteiger partial charge in [-0.25, -0.2) is 0 Å². The molecule has 1 fully saturated rings. The Balaban J connectivity index is 1.62. The summed E-state index contributed by atoms with van der Waals surface area (Å²) in [6.07, 6.45) is 1.59. The summed E-state index contributed by atoms with van der Waals surface area (Å²) in [5.41, 5.74) is 0.978. The van der Waals surface area contributed by atoms with E-state index in [-0.39, 0.29) is 29.8 Å². The van der Waals surface area contributed by atoms with Crippen molar-refractivity contribution in [2.45, 2.75) is 42.0 Å². The second kappa shape index (κ2) is 9.75. The smallest absolute Gasteiger partial charge is 0.317 e. The van der Waals surface area contributed by atoms with Gasteiger partial charge in [-0.3, -0.25) is 14.5 Å². The Kier molecular flexibility index (Phi) is 7.12. The van der Waals surface area contributed by atoms with E-state index in [4.69, 9.17) is 5.11 Å². The van der Waals surface area contributed by atoms with E-state index in [2.05, 4.69) is 5.32 Å². The van der Waals surface area contributed by atoms with E-state index in [1.165, 1.54) is 0 Å². The molecule has 1 atom stereocenters. The van der Waals surface area contributed by atoms with Gasteiger partial charge >= 0.3 is 5.97 Å². The van der Waals surface area contributed by atoms with E-state index < -0.39 is 5.97 Å². The fourth-order valence-corrected chi connectivity index (χ4v) is 4.54. The van der Waals surface area contributed by atoms with Crippen LogP contribution in [0.15, 0.2) is 65.6 Å². The van der Waals surface area contributed by atoms with Crippen molar-refractivity contribution in [2.24, 2.45) is 0 Å². The zero-order valence-electron chi connectivity index (χ0n) is 16.0. The van der Waals surface area contributed by atoms with E-state index in [1.807, 2.05) is 72.5 Å². The van der Waals surface area contributed by atoms with Crippen molar-refractivity contribution >= 4 is 23.6 Å². The van der Waals surface area contributed by atoms with Gasteiger partial charge in [0.25, 0.3) is 0 Å². The fraction of sp³-hybridized carbons (Fsp3) is 0.364. The molecule has 1 amide bonds. The maximum absolute atomic E-state index is 13.0. The van der Waals surface area contributed by atoms with Crippen LogP contribution in [0, 0.1) is 0 Å². The third kappa shape index (κ3) is 5.36. The molecule has 0 heterocycles. The van der Waals surface area contributed by atoms with Gasteiger partial charge in [-0.15, -0.1) is 11.8 Å². The van der Waals surface area contributed by atoms with Crippen molar-refractivity contribution in [1.29, 1.82) is 0 Å². The van der Waals surface area contributed by atoms with Crippen LogP contribution < -0.4 is 5.32 Å². The van der Waals surface area contributed by atoms with Crippen LogP contribution in [-0.2, 0) is 9.59 Å². The molecular weight excluding hydrogens is 372 g/mol. The number of carbonyl (C=O) groups is 2. The molecule has 3 rings (SSSR count). The van der Waals surface area contributed by atoms with Gasteiger partial charge in [-0.1, -0.05) is 55.5 Å². The number of nitrogens with one attached hydrogen (secondary N) is 1. The average molecular weight is 399 g/mol. The Hall–Kier alpha value is -2.31. The molecule has 6 heteroatoms. The number of hydrogen-bond acceptors (Lipinski definition) is 4. The number of carboxylic acids is 1. The quantitative estimate of drug-likeness (QED) is 0.632. The predicted octanol–water partition coefficient (Wildman–Crippen LogP) is 3.57. The summed E-state index contributed by atoms with van der Waals surface area (Å²) in [6, 6.07) is 20.1. The van der Waals surface area contributed by atoms with E-state index in [1.54, 1.807) is 11.8 Å². The zero-order chi connectivity index (χ0) is 19.9. The molecule has 148 valence electrons. The Labute approximate surface area is 170 Å². The first-order valence-corrected chi connectivity index (χ1v) is 10.5. The number of hydrogen-bond donors (Lipinski definition) is 2. The molecule has 0 saturated heterocycles. The first-order valence-electron chi connectivity index (χ1n) is 9.59. The van der Waals surface area contributed by atoms with Gasteiger partial charge in [0, 0.05) is 17.0 Å². The Morgan fingerprint density at radius 3 is 2.29 bits per heavy atom. The lowest BCUT2D eigenvalue weighted by Crippen LogP contribution is -2.55. The zero-order valence-corrected chi connectivity index (χ0v) is 16.8. The summed E-state index contributed by atoms with van der Waals surface area (Å²) in [5.74, 6) is -0.803. The van der Waals surface area contributed by atoms with E-state index in [0.29, 0.717) is 6.54 Å². The van der Waals surface area contributed by atoms with E-state index >= 15 is 0 Å². The van der Waals surface area contributed by atoms with Crippen LogP contribution in [-0.4, -0.2) is 47.1 Å². The minimum absolute atomic E-state index is 0.00443. The number of benzene rings is 2. The van der Waals surface area contributed by atoms with Crippen molar-refractivity contribution < 1.29 is 14.7 Å². The van der Waals surface area contributed by atoms with Crippen LogP contribution in [0.25, 0.3) is 0 Å². The molecule has 0 radical (unpaired) electrons. The summed E-state index contributed by atoms with van der Waals surface area (Å²) in [6.45, 7) is 2.73. The molecule has 28 heavy (non-hydrogen) atoms. The summed E-state index contributed by atoms with van der Waals surface area (Å²) >= 11 is 1.55. The van der Waals surface area contributed by atoms with Crippen LogP contribution in [0.4, 0.5) is 0 Å². The van der Waals surface area contributed by atoms with Crippen molar-refractivity contribution in [1.82, 2.24) is 10.2 Å². The summed E-state index contributed by atoms with van der Waals surface area (Å²) in [4.78, 5) is 27.0. The van der Waals surface area contributed by atoms with Gasteiger partial charge < -0.3 is 10.4 Å². The van der Waals surface area contributed by atoms with Crippen LogP contribution in [0.3, 0.4) is 0 Å². The number of aliphatic carboxylic acids is 1. The number of rotatable bonds is 9. The van der Waals surface area contributed by atoms with Crippen LogP contribution in [0.2, 0.25) is 0 Å².